The van der Waals surface area contributed by atoms with Gasteiger partial charge in [-0.2, -0.15) is 11.8 Å². The molecule has 0 aliphatic carbocycles. The van der Waals surface area contributed by atoms with Crippen LogP contribution in [0.2, 0.25) is 0 Å². The molecule has 0 aliphatic heterocycles. The van der Waals surface area contributed by atoms with E-state index in [1.54, 1.807) is 11.8 Å². The first-order valence-electron chi connectivity index (χ1n) is 5.27. The Morgan fingerprint density at radius 3 is 2.64 bits per heavy atom. The van der Waals surface area contributed by atoms with Gasteiger partial charge in [-0.1, -0.05) is 20.3 Å². The second-order valence-corrected chi connectivity index (χ2v) is 4.22. The van der Waals surface area contributed by atoms with Crippen molar-refractivity contribution in [3.05, 3.63) is 0 Å². The highest BCUT2D eigenvalue weighted by Gasteiger charge is 2.08. The van der Waals surface area contributed by atoms with Crippen LogP contribution in [0.3, 0.4) is 0 Å². The van der Waals surface area contributed by atoms with Gasteiger partial charge < -0.3 is 10.6 Å². The molecule has 0 aromatic heterocycles. The lowest BCUT2D eigenvalue weighted by atomic mass is 10.3. The lowest BCUT2D eigenvalue weighted by Crippen LogP contribution is -2.43. The normalized spacial score (nSPS) is 12.2. The van der Waals surface area contributed by atoms with E-state index in [1.807, 2.05) is 0 Å². The predicted octanol–water partition coefficient (Wildman–Crippen LogP) is 2.23. The zero-order chi connectivity index (χ0) is 10.8. The smallest absolute Gasteiger partial charge is 0.315 e. The number of hydrogen-bond acceptors (Lipinski definition) is 2. The Labute approximate surface area is 91.4 Å². The third kappa shape index (κ3) is 7.06. The Bertz CT molecular complexity index is 153. The molecule has 0 saturated carbocycles. The molecule has 0 heterocycles. The number of rotatable bonds is 7. The van der Waals surface area contributed by atoms with Crippen LogP contribution in [0.1, 0.15) is 33.1 Å². The van der Waals surface area contributed by atoms with Crippen LogP contribution in [0, 0.1) is 0 Å². The maximum absolute atomic E-state index is 11.3. The molecule has 4 heteroatoms. The van der Waals surface area contributed by atoms with Crippen LogP contribution in [-0.2, 0) is 0 Å². The third-order valence-corrected chi connectivity index (χ3v) is 2.75. The van der Waals surface area contributed by atoms with E-state index in [9.17, 15) is 4.79 Å². The Balaban J connectivity index is 3.56. The summed E-state index contributed by atoms with van der Waals surface area (Å²) in [6.07, 6.45) is 5.20. The molecule has 1 atom stereocenters. The highest BCUT2D eigenvalue weighted by molar-refractivity contribution is 7.98. The number of carbonyl (C=O) groups excluding carboxylic acids is 1. The van der Waals surface area contributed by atoms with E-state index in [4.69, 9.17) is 0 Å². The summed E-state index contributed by atoms with van der Waals surface area (Å²) in [5.74, 6) is 0.984. The highest BCUT2D eigenvalue weighted by atomic mass is 32.2. The molecule has 3 nitrogen and oxygen atoms in total. The van der Waals surface area contributed by atoms with E-state index in [0.717, 1.165) is 31.6 Å². The Kier molecular flexibility index (Phi) is 8.94. The van der Waals surface area contributed by atoms with E-state index < -0.39 is 0 Å². The van der Waals surface area contributed by atoms with Gasteiger partial charge in [-0.05, 0) is 19.1 Å². The number of urea groups is 1. The van der Waals surface area contributed by atoms with Crippen molar-refractivity contribution in [2.45, 2.75) is 39.2 Å². The van der Waals surface area contributed by atoms with Crippen LogP contribution in [0.5, 0.6) is 0 Å². The van der Waals surface area contributed by atoms with Gasteiger partial charge >= 0.3 is 6.03 Å². The van der Waals surface area contributed by atoms with E-state index in [0.29, 0.717) is 6.04 Å². The molecular weight excluding hydrogens is 196 g/mol. The van der Waals surface area contributed by atoms with E-state index in [2.05, 4.69) is 30.7 Å². The molecule has 0 saturated heterocycles. The van der Waals surface area contributed by atoms with Crippen molar-refractivity contribution in [1.82, 2.24) is 10.6 Å². The summed E-state index contributed by atoms with van der Waals surface area (Å²) in [6.45, 7) is 4.98. The first-order valence-corrected chi connectivity index (χ1v) is 6.67. The van der Waals surface area contributed by atoms with Crippen LogP contribution < -0.4 is 10.6 Å². The fourth-order valence-corrected chi connectivity index (χ4v) is 1.80. The molecule has 0 radical (unpaired) electrons. The van der Waals surface area contributed by atoms with Crippen LogP contribution in [-0.4, -0.2) is 30.6 Å². The van der Waals surface area contributed by atoms with Crippen LogP contribution in [0.4, 0.5) is 4.79 Å². The second-order valence-electron chi connectivity index (χ2n) is 3.31. The van der Waals surface area contributed by atoms with Crippen molar-refractivity contribution < 1.29 is 4.79 Å². The minimum Gasteiger partial charge on any atom is -0.338 e. The molecule has 0 bridgehead atoms. The molecule has 0 spiro atoms. The van der Waals surface area contributed by atoms with Crippen molar-refractivity contribution >= 4 is 17.8 Å². The summed E-state index contributed by atoms with van der Waals surface area (Å²) in [5.41, 5.74) is 0. The number of hydrogen-bond donors (Lipinski definition) is 2. The van der Waals surface area contributed by atoms with Crippen molar-refractivity contribution in [2.75, 3.05) is 18.6 Å². The Morgan fingerprint density at radius 1 is 1.43 bits per heavy atom. The molecule has 0 aromatic carbocycles. The van der Waals surface area contributed by atoms with Crippen molar-refractivity contribution in [2.24, 2.45) is 0 Å². The van der Waals surface area contributed by atoms with Crippen LogP contribution in [0.15, 0.2) is 0 Å². The summed E-state index contributed by atoms with van der Waals surface area (Å²) in [5, 5.41) is 5.80. The topological polar surface area (TPSA) is 41.1 Å². The molecule has 0 aliphatic rings. The molecule has 2 amide bonds. The summed E-state index contributed by atoms with van der Waals surface area (Å²) in [4.78, 5) is 11.3. The van der Waals surface area contributed by atoms with Gasteiger partial charge in [0.1, 0.15) is 0 Å². The van der Waals surface area contributed by atoms with Gasteiger partial charge in [-0.3, -0.25) is 0 Å². The molecule has 2 N–H and O–H groups in total. The Hall–Kier alpha value is -0.380. The van der Waals surface area contributed by atoms with E-state index in [1.165, 1.54) is 0 Å². The summed E-state index contributed by atoms with van der Waals surface area (Å²) >= 11 is 1.76. The van der Waals surface area contributed by atoms with E-state index >= 15 is 0 Å². The molecule has 1 unspecified atom stereocenters. The minimum absolute atomic E-state index is 0.0284. The first kappa shape index (κ1) is 13.6. The number of nitrogens with one attached hydrogen (secondary N) is 2. The number of unbranched alkanes of at least 4 members (excludes halogenated alkanes) is 1. The van der Waals surface area contributed by atoms with Gasteiger partial charge in [0.2, 0.25) is 0 Å². The predicted molar refractivity (Wildman–Crippen MR) is 63.9 cm³/mol. The fourth-order valence-electron chi connectivity index (χ4n) is 1.08. The first-order chi connectivity index (χ1) is 6.74. The average Bonchev–Trinajstić information content (AvgIpc) is 2.17. The molecule has 0 rings (SSSR count). The van der Waals surface area contributed by atoms with Crippen LogP contribution >= 0.6 is 11.8 Å². The average molecular weight is 218 g/mol. The lowest BCUT2D eigenvalue weighted by Gasteiger charge is -2.16. The second kappa shape index (κ2) is 9.19. The minimum atomic E-state index is -0.0284. The third-order valence-electron chi connectivity index (χ3n) is 2.01. The van der Waals surface area contributed by atoms with Gasteiger partial charge in [0, 0.05) is 18.3 Å². The summed E-state index contributed by atoms with van der Waals surface area (Å²) in [6, 6.07) is 0.269. The largest absolute Gasteiger partial charge is 0.338 e. The van der Waals surface area contributed by atoms with Crippen LogP contribution in [0.25, 0.3) is 0 Å². The molecule has 0 aromatic rings. The van der Waals surface area contributed by atoms with Gasteiger partial charge in [-0.25, -0.2) is 4.79 Å². The zero-order valence-corrected chi connectivity index (χ0v) is 10.2. The Morgan fingerprint density at radius 2 is 2.14 bits per heavy atom. The number of carbonyl (C=O) groups is 1. The maximum atomic E-state index is 11.3. The van der Waals surface area contributed by atoms with Gasteiger partial charge in [0.05, 0.1) is 0 Å². The van der Waals surface area contributed by atoms with Crippen molar-refractivity contribution in [1.29, 1.82) is 0 Å². The van der Waals surface area contributed by atoms with Gasteiger partial charge in [-0.15, -0.1) is 0 Å². The highest BCUT2D eigenvalue weighted by Crippen LogP contribution is 2.00. The summed E-state index contributed by atoms with van der Waals surface area (Å²) in [7, 11) is 0. The van der Waals surface area contributed by atoms with Gasteiger partial charge in [0.15, 0.2) is 0 Å². The molecule has 14 heavy (non-hydrogen) atoms. The molecule has 84 valence electrons. The zero-order valence-electron chi connectivity index (χ0n) is 9.43. The molecular formula is C10H22N2OS. The number of amides is 2. The summed E-state index contributed by atoms with van der Waals surface area (Å²) < 4.78 is 0. The quantitative estimate of drug-likeness (QED) is 0.643. The lowest BCUT2D eigenvalue weighted by molar-refractivity contribution is 0.237. The monoisotopic (exact) mass is 218 g/mol. The molecule has 0 fully saturated rings. The maximum Gasteiger partial charge on any atom is 0.315 e. The van der Waals surface area contributed by atoms with Crippen molar-refractivity contribution in [3.8, 4) is 0 Å². The van der Waals surface area contributed by atoms with Crippen molar-refractivity contribution in [3.63, 3.8) is 0 Å². The number of thioether (sulfide) groups is 1. The fraction of sp³-hybridized carbons (Fsp3) is 0.900. The SMILES string of the molecule is CCCCNC(=O)NC(CC)CSC. The van der Waals surface area contributed by atoms with Gasteiger partial charge in [0.25, 0.3) is 0 Å². The standard InChI is InChI=1S/C10H22N2OS/c1-4-6-7-11-10(13)12-9(5-2)8-14-3/h9H,4-8H2,1-3H3,(H2,11,12,13). The van der Waals surface area contributed by atoms with E-state index in [-0.39, 0.29) is 6.03 Å².